The zero-order chi connectivity index (χ0) is 20.5. The molecule has 27 heavy (non-hydrogen) atoms. The van der Waals surface area contributed by atoms with E-state index in [1.54, 1.807) is 26.8 Å². The van der Waals surface area contributed by atoms with Gasteiger partial charge in [-0.2, -0.15) is 0 Å². The highest BCUT2D eigenvalue weighted by molar-refractivity contribution is 7.93. The Morgan fingerprint density at radius 1 is 1.41 bits per heavy atom. The van der Waals surface area contributed by atoms with Crippen molar-refractivity contribution in [3.8, 4) is 0 Å². The van der Waals surface area contributed by atoms with Crippen LogP contribution >= 0.6 is 0 Å². The van der Waals surface area contributed by atoms with Crippen molar-refractivity contribution in [1.29, 1.82) is 0 Å². The molecule has 0 unspecified atom stereocenters. The van der Waals surface area contributed by atoms with Crippen molar-refractivity contribution in [3.63, 3.8) is 0 Å². The van der Waals surface area contributed by atoms with Gasteiger partial charge in [0, 0.05) is 11.5 Å². The van der Waals surface area contributed by atoms with Crippen molar-refractivity contribution in [2.75, 3.05) is 24.3 Å². The largest absolute Gasteiger partial charge is 0.392 e. The minimum Gasteiger partial charge on any atom is -0.392 e. The lowest BCUT2D eigenvalue weighted by atomic mass is 9.84. The summed E-state index contributed by atoms with van der Waals surface area (Å²) in [6, 6.07) is 1.49. The standard InChI is InChI=1S/C18H28N2O6S/c1-12(21)17(2,3)14-10-15(26-20-14)19-16(22)18(4,5)27(23,24)9-7-13-6-8-25-11-13/h7,10,12,21H,6,8-9,11H2,1-5H3,(H,19,22)/b13-7+/t12-/m0/s1. The van der Waals surface area contributed by atoms with Gasteiger partial charge in [-0.1, -0.05) is 25.1 Å². The van der Waals surface area contributed by atoms with Gasteiger partial charge in [0.05, 0.1) is 30.8 Å². The van der Waals surface area contributed by atoms with Crippen molar-refractivity contribution in [2.24, 2.45) is 0 Å². The number of rotatable bonds is 7. The second kappa shape index (κ2) is 7.73. The Kier molecular flexibility index (Phi) is 6.18. The molecular formula is C18H28N2O6S. The third kappa shape index (κ3) is 4.59. The Morgan fingerprint density at radius 2 is 2.07 bits per heavy atom. The molecule has 0 aliphatic carbocycles. The predicted molar refractivity (Wildman–Crippen MR) is 101 cm³/mol. The molecule has 0 saturated carbocycles. The monoisotopic (exact) mass is 400 g/mol. The third-order valence-electron chi connectivity index (χ3n) is 5.22. The molecule has 1 amide bonds. The summed E-state index contributed by atoms with van der Waals surface area (Å²) in [5.74, 6) is -0.904. The highest BCUT2D eigenvalue weighted by atomic mass is 32.2. The number of nitrogens with one attached hydrogen (secondary N) is 1. The predicted octanol–water partition coefficient (Wildman–Crippen LogP) is 1.81. The number of nitrogens with zero attached hydrogens (tertiary/aromatic N) is 1. The quantitative estimate of drug-likeness (QED) is 0.670. The molecule has 1 aromatic heterocycles. The Labute approximate surface area is 159 Å². The van der Waals surface area contributed by atoms with Gasteiger partial charge in [-0.05, 0) is 32.8 Å². The molecule has 0 bridgehead atoms. The van der Waals surface area contributed by atoms with E-state index in [0.717, 1.165) is 5.57 Å². The van der Waals surface area contributed by atoms with Gasteiger partial charge in [0.2, 0.25) is 11.8 Å². The van der Waals surface area contributed by atoms with Crippen LogP contribution in [0.2, 0.25) is 0 Å². The van der Waals surface area contributed by atoms with Gasteiger partial charge in [0.25, 0.3) is 0 Å². The molecule has 1 aliphatic rings. The van der Waals surface area contributed by atoms with Crippen LogP contribution in [0.4, 0.5) is 5.88 Å². The summed E-state index contributed by atoms with van der Waals surface area (Å²) >= 11 is 0. The first-order valence-electron chi connectivity index (χ1n) is 8.82. The Hall–Kier alpha value is -1.71. The molecule has 2 heterocycles. The average Bonchev–Trinajstić information content (AvgIpc) is 3.24. The van der Waals surface area contributed by atoms with E-state index in [0.29, 0.717) is 25.3 Å². The number of aliphatic hydroxyl groups excluding tert-OH is 1. The van der Waals surface area contributed by atoms with Gasteiger partial charge in [-0.25, -0.2) is 8.42 Å². The van der Waals surface area contributed by atoms with Crippen LogP contribution in [0.3, 0.4) is 0 Å². The van der Waals surface area contributed by atoms with Crippen molar-refractivity contribution in [1.82, 2.24) is 5.16 Å². The number of aromatic nitrogens is 1. The Bertz CT molecular complexity index is 813. The van der Waals surface area contributed by atoms with Crippen molar-refractivity contribution in [2.45, 2.75) is 57.3 Å². The fourth-order valence-corrected chi connectivity index (χ4v) is 3.54. The number of amides is 1. The highest BCUT2D eigenvalue weighted by Crippen LogP contribution is 2.29. The van der Waals surface area contributed by atoms with Crippen molar-refractivity contribution >= 4 is 21.6 Å². The van der Waals surface area contributed by atoms with Crippen molar-refractivity contribution < 1.29 is 27.6 Å². The van der Waals surface area contributed by atoms with Gasteiger partial charge in [0.1, 0.15) is 4.75 Å². The maximum atomic E-state index is 12.7. The SMILES string of the molecule is C[C@H](O)C(C)(C)c1cc(NC(=O)C(C)(C)S(=O)(=O)C/C=C2\CCOC2)on1. The van der Waals surface area contributed by atoms with Gasteiger partial charge in [-0.15, -0.1) is 0 Å². The number of carbonyl (C=O) groups is 1. The van der Waals surface area contributed by atoms with E-state index in [4.69, 9.17) is 9.26 Å². The summed E-state index contributed by atoms with van der Waals surface area (Å²) in [6.07, 6.45) is 1.65. The number of carbonyl (C=O) groups excluding carboxylic acids is 1. The lowest BCUT2D eigenvalue weighted by Crippen LogP contribution is -2.45. The van der Waals surface area contributed by atoms with E-state index in [1.807, 2.05) is 0 Å². The van der Waals surface area contributed by atoms with Gasteiger partial charge >= 0.3 is 0 Å². The summed E-state index contributed by atoms with van der Waals surface area (Å²) < 4.78 is 34.0. The van der Waals surface area contributed by atoms with Crippen molar-refractivity contribution in [3.05, 3.63) is 23.4 Å². The van der Waals surface area contributed by atoms with E-state index in [-0.39, 0.29) is 11.6 Å². The normalized spacial score (nSPS) is 18.7. The number of aliphatic hydroxyl groups is 1. The molecule has 1 aliphatic heterocycles. The first-order chi connectivity index (χ1) is 12.4. The van der Waals surface area contributed by atoms with E-state index >= 15 is 0 Å². The molecular weight excluding hydrogens is 372 g/mol. The summed E-state index contributed by atoms with van der Waals surface area (Å²) in [6.45, 7) is 8.95. The lowest BCUT2D eigenvalue weighted by molar-refractivity contribution is -0.118. The number of hydrogen-bond acceptors (Lipinski definition) is 7. The van der Waals surface area contributed by atoms with Crippen LogP contribution in [0.1, 0.15) is 46.7 Å². The van der Waals surface area contributed by atoms with Crippen LogP contribution in [0.5, 0.6) is 0 Å². The zero-order valence-electron chi connectivity index (χ0n) is 16.4. The van der Waals surface area contributed by atoms with Gasteiger partial charge < -0.3 is 14.4 Å². The maximum absolute atomic E-state index is 12.7. The first kappa shape index (κ1) is 21.6. The van der Waals surface area contributed by atoms with E-state index < -0.39 is 32.0 Å². The molecule has 9 heteroatoms. The minimum atomic E-state index is -3.75. The molecule has 0 aromatic carbocycles. The summed E-state index contributed by atoms with van der Waals surface area (Å²) in [5.41, 5.74) is 0.707. The van der Waals surface area contributed by atoms with E-state index in [2.05, 4.69) is 10.5 Å². The fourth-order valence-electron chi connectivity index (χ4n) is 2.33. The van der Waals surface area contributed by atoms with Crippen LogP contribution in [0, 0.1) is 0 Å². The second-order valence-electron chi connectivity index (χ2n) is 7.88. The van der Waals surface area contributed by atoms with Gasteiger partial charge in [0.15, 0.2) is 9.84 Å². The smallest absolute Gasteiger partial charge is 0.247 e. The van der Waals surface area contributed by atoms with Crippen LogP contribution in [-0.4, -0.2) is 54.4 Å². The van der Waals surface area contributed by atoms with E-state index in [1.165, 1.54) is 19.9 Å². The number of anilines is 1. The second-order valence-corrected chi connectivity index (χ2v) is 10.5. The lowest BCUT2D eigenvalue weighted by Gasteiger charge is -2.24. The third-order valence-corrected chi connectivity index (χ3v) is 7.57. The molecule has 8 nitrogen and oxygen atoms in total. The number of sulfone groups is 1. The number of ether oxygens (including phenoxy) is 1. The molecule has 0 radical (unpaired) electrons. The Balaban J connectivity index is 2.11. The van der Waals surface area contributed by atoms with Crippen LogP contribution in [-0.2, 0) is 24.8 Å². The molecule has 2 rings (SSSR count). The fraction of sp³-hybridized carbons (Fsp3) is 0.667. The molecule has 0 spiro atoms. The molecule has 1 fully saturated rings. The molecule has 1 aromatic rings. The molecule has 1 saturated heterocycles. The van der Waals surface area contributed by atoms with Crippen LogP contribution in [0.25, 0.3) is 0 Å². The molecule has 1 atom stereocenters. The minimum absolute atomic E-state index is 0.0366. The number of hydrogen-bond donors (Lipinski definition) is 2. The molecule has 152 valence electrons. The van der Waals surface area contributed by atoms with Gasteiger partial charge in [-0.3, -0.25) is 10.1 Å². The van der Waals surface area contributed by atoms with E-state index in [9.17, 15) is 18.3 Å². The maximum Gasteiger partial charge on any atom is 0.247 e. The topological polar surface area (TPSA) is 119 Å². The summed E-state index contributed by atoms with van der Waals surface area (Å²) in [5, 5.41) is 16.2. The van der Waals surface area contributed by atoms with Crippen LogP contribution in [0.15, 0.2) is 22.2 Å². The highest BCUT2D eigenvalue weighted by Gasteiger charge is 2.41. The summed E-state index contributed by atoms with van der Waals surface area (Å²) in [4.78, 5) is 12.6. The summed E-state index contributed by atoms with van der Waals surface area (Å²) in [7, 11) is -3.75. The van der Waals surface area contributed by atoms with Crippen LogP contribution < -0.4 is 5.32 Å². The average molecular weight is 400 g/mol. The first-order valence-corrected chi connectivity index (χ1v) is 10.5. The Morgan fingerprint density at radius 3 is 2.63 bits per heavy atom. The molecule has 2 N–H and O–H groups in total. The zero-order valence-corrected chi connectivity index (χ0v) is 17.2.